The zero-order valence-electron chi connectivity index (χ0n) is 21.5. The van der Waals surface area contributed by atoms with Crippen LogP contribution in [0, 0.1) is 12.8 Å². The maximum absolute atomic E-state index is 13.3. The largest absolute Gasteiger partial charge is 0.457 e. The van der Waals surface area contributed by atoms with Crippen LogP contribution in [0.2, 0.25) is 0 Å². The molecule has 2 rings (SSSR count). The smallest absolute Gasteiger partial charge is 0.309 e. The molecule has 2 heterocycles. The van der Waals surface area contributed by atoms with Crippen molar-refractivity contribution in [1.82, 2.24) is 4.98 Å². The van der Waals surface area contributed by atoms with E-state index < -0.39 is 45.1 Å². The second-order valence-corrected chi connectivity index (χ2v) is 13.6. The van der Waals surface area contributed by atoms with E-state index in [4.69, 9.17) is 4.74 Å². The Morgan fingerprint density at radius 2 is 1.97 bits per heavy atom. The summed E-state index contributed by atoms with van der Waals surface area (Å²) < 4.78 is 18.0. The maximum Gasteiger partial charge on any atom is 0.309 e. The number of nitrogens with zero attached hydrogens (tertiary/aromatic N) is 1. The van der Waals surface area contributed by atoms with Crippen LogP contribution in [0.25, 0.3) is 6.08 Å². The average molecular weight is 512 g/mol. The fraction of sp³-hybridized carbons (Fsp3) is 0.692. The number of thiazole rings is 1. The molecule has 6 atom stereocenters. The number of aliphatic hydroxyl groups excluding tert-OH is 2. The molecule has 6 nitrogen and oxygen atoms in total. The Hall–Kier alpha value is -1.35. The molecule has 2 N–H and O–H groups in total. The summed E-state index contributed by atoms with van der Waals surface area (Å²) in [5, 5.41) is 24.1. The summed E-state index contributed by atoms with van der Waals surface area (Å²) in [7, 11) is -1.56. The summed E-state index contributed by atoms with van der Waals surface area (Å²) in [5.41, 5.74) is 2.92. The van der Waals surface area contributed by atoms with Crippen LogP contribution in [0.4, 0.5) is 0 Å². The van der Waals surface area contributed by atoms with E-state index in [9.17, 15) is 19.2 Å². The first kappa shape index (κ1) is 28.9. The van der Waals surface area contributed by atoms with Crippen molar-refractivity contribution in [3.05, 3.63) is 33.3 Å². The highest BCUT2D eigenvalue weighted by molar-refractivity contribution is 7.87. The average Bonchev–Trinajstić information content (AvgIpc) is 3.18. The van der Waals surface area contributed by atoms with Crippen LogP contribution in [-0.2, 0) is 20.3 Å². The number of rotatable bonds is 2. The van der Waals surface area contributed by atoms with Gasteiger partial charge in [0.15, 0.2) is 0 Å². The van der Waals surface area contributed by atoms with Gasteiger partial charge in [0, 0.05) is 22.6 Å². The molecule has 0 radical (unpaired) electrons. The molecule has 0 saturated carbocycles. The summed E-state index contributed by atoms with van der Waals surface area (Å²) in [6.07, 6.45) is 4.52. The number of hydrogen-bond acceptors (Lipinski definition) is 7. The number of hydrogen-bond donors (Lipinski definition) is 2. The highest BCUT2D eigenvalue weighted by Crippen LogP contribution is 2.29. The monoisotopic (exact) mass is 511 g/mol. The van der Waals surface area contributed by atoms with Gasteiger partial charge in [-0.3, -0.25) is 9.00 Å². The van der Waals surface area contributed by atoms with Crippen molar-refractivity contribution in [2.24, 2.45) is 5.92 Å². The molecule has 8 heteroatoms. The fourth-order valence-electron chi connectivity index (χ4n) is 4.20. The third-order valence-electron chi connectivity index (χ3n) is 6.79. The van der Waals surface area contributed by atoms with Crippen molar-refractivity contribution in [3.63, 3.8) is 0 Å². The van der Waals surface area contributed by atoms with Gasteiger partial charge in [0.1, 0.15) is 6.10 Å². The number of cyclic esters (lactones) is 1. The third kappa shape index (κ3) is 7.83. The number of carbonyl (C=O) groups excluding carboxylic acids is 1. The third-order valence-corrected chi connectivity index (χ3v) is 9.84. The molecule has 0 saturated heterocycles. The van der Waals surface area contributed by atoms with Crippen LogP contribution in [-0.4, -0.2) is 53.7 Å². The minimum absolute atomic E-state index is 0.0166. The van der Waals surface area contributed by atoms with E-state index in [1.807, 2.05) is 32.2 Å². The predicted octanol–water partition coefficient (Wildman–Crippen LogP) is 4.95. The lowest BCUT2D eigenvalue weighted by molar-refractivity contribution is -0.149. The molecule has 0 spiro atoms. The van der Waals surface area contributed by atoms with Gasteiger partial charge >= 0.3 is 5.97 Å². The number of allylic oxidation sites excluding steroid dienone is 1. The van der Waals surface area contributed by atoms with E-state index in [1.165, 1.54) is 5.57 Å². The molecule has 1 aliphatic heterocycles. The van der Waals surface area contributed by atoms with Crippen molar-refractivity contribution < 1.29 is 24.0 Å². The minimum atomic E-state index is -1.56. The molecule has 0 aromatic carbocycles. The number of aryl methyl sites for hydroxylation is 1. The molecule has 1 aliphatic rings. The number of carbonyl (C=O) groups is 1. The number of ether oxygens (including phenoxy) is 1. The maximum atomic E-state index is 13.3. The molecule has 0 aliphatic carbocycles. The van der Waals surface area contributed by atoms with Crippen molar-refractivity contribution in [2.75, 3.05) is 0 Å². The molecule has 1 aromatic heterocycles. The normalized spacial score (nSPS) is 32.7. The molecule has 1 aromatic rings. The minimum Gasteiger partial charge on any atom is -0.457 e. The van der Waals surface area contributed by atoms with Gasteiger partial charge in [-0.15, -0.1) is 11.3 Å². The van der Waals surface area contributed by atoms with Gasteiger partial charge in [0.2, 0.25) is 0 Å². The van der Waals surface area contributed by atoms with Gasteiger partial charge in [-0.1, -0.05) is 18.6 Å². The first-order chi connectivity index (χ1) is 15.8. The number of aliphatic hydroxyl groups is 2. The molecular weight excluding hydrogens is 470 g/mol. The van der Waals surface area contributed by atoms with Crippen molar-refractivity contribution in [1.29, 1.82) is 0 Å². The van der Waals surface area contributed by atoms with Crippen molar-refractivity contribution in [2.45, 2.75) is 109 Å². The fourth-order valence-corrected chi connectivity index (χ4v) is 6.60. The molecule has 0 fully saturated rings. The molecule has 6 unspecified atom stereocenters. The zero-order chi connectivity index (χ0) is 25.6. The second kappa shape index (κ2) is 12.6. The van der Waals surface area contributed by atoms with Gasteiger partial charge in [-0.25, -0.2) is 4.98 Å². The van der Waals surface area contributed by atoms with Crippen LogP contribution in [0.5, 0.6) is 0 Å². The van der Waals surface area contributed by atoms with Crippen molar-refractivity contribution in [3.8, 4) is 0 Å². The zero-order valence-corrected chi connectivity index (χ0v) is 23.2. The Kier molecular flexibility index (Phi) is 10.7. The second-order valence-electron chi connectivity index (χ2n) is 10.1. The Balaban J connectivity index is 2.33. The van der Waals surface area contributed by atoms with Gasteiger partial charge in [0.25, 0.3) is 0 Å². The van der Waals surface area contributed by atoms with E-state index >= 15 is 0 Å². The lowest BCUT2D eigenvalue weighted by Gasteiger charge is -2.35. The highest BCUT2D eigenvalue weighted by Gasteiger charge is 2.41. The number of aromatic nitrogens is 1. The summed E-state index contributed by atoms with van der Waals surface area (Å²) in [4.78, 5) is 17.3. The standard InChI is InChI=1S/C26H41NO5S2/c1-16-9-8-10-17(2)25(30)19(4)34(31)26(6,7)23(28)14-24(29)32-22(12-11-16)18(3)13-21-15-33-20(5)27-21/h11,13,15,17,19,22-23,25,28,30H,8-10,12,14H2,1-7H3. The Morgan fingerprint density at radius 3 is 2.59 bits per heavy atom. The van der Waals surface area contributed by atoms with Gasteiger partial charge in [-0.05, 0) is 78.4 Å². The first-order valence-electron chi connectivity index (χ1n) is 12.0. The Bertz CT molecular complexity index is 920. The molecule has 34 heavy (non-hydrogen) atoms. The van der Waals surface area contributed by atoms with Crippen LogP contribution < -0.4 is 0 Å². The van der Waals surface area contributed by atoms with E-state index in [1.54, 1.807) is 32.1 Å². The molecule has 0 bridgehead atoms. The molecule has 0 amide bonds. The SMILES string of the molecule is CC1=CCC(C(C)=Cc2csc(C)n2)OC(=O)CC(O)C(C)(C)S(=O)C(C)C(O)C(C)CCC1. The first-order valence-corrected chi connectivity index (χ1v) is 14.1. The van der Waals surface area contributed by atoms with Crippen molar-refractivity contribution >= 4 is 34.2 Å². The van der Waals surface area contributed by atoms with E-state index in [-0.39, 0.29) is 12.3 Å². The lowest BCUT2D eigenvalue weighted by atomic mass is 9.94. The topological polar surface area (TPSA) is 96.7 Å². The van der Waals surface area contributed by atoms with Gasteiger partial charge in [0.05, 0.1) is 39.3 Å². The number of esters is 1. The van der Waals surface area contributed by atoms with Crippen LogP contribution in [0.15, 0.2) is 22.6 Å². The Labute approximate surface area is 211 Å². The summed E-state index contributed by atoms with van der Waals surface area (Å²) >= 11 is 1.57. The van der Waals surface area contributed by atoms with Crippen LogP contribution >= 0.6 is 11.3 Å². The lowest BCUT2D eigenvalue weighted by Crippen LogP contribution is -2.49. The highest BCUT2D eigenvalue weighted by atomic mass is 32.2. The van der Waals surface area contributed by atoms with Crippen LogP contribution in [0.3, 0.4) is 0 Å². The molecule has 192 valence electrons. The predicted molar refractivity (Wildman–Crippen MR) is 140 cm³/mol. The summed E-state index contributed by atoms with van der Waals surface area (Å²) in [6.45, 7) is 13.0. The van der Waals surface area contributed by atoms with E-state index in [0.717, 1.165) is 35.5 Å². The van der Waals surface area contributed by atoms with E-state index in [0.29, 0.717) is 6.42 Å². The quantitative estimate of drug-likeness (QED) is 0.431. The van der Waals surface area contributed by atoms with Gasteiger partial charge in [-0.2, -0.15) is 0 Å². The molecular formula is C26H41NO5S2. The van der Waals surface area contributed by atoms with Gasteiger partial charge < -0.3 is 14.9 Å². The summed E-state index contributed by atoms with van der Waals surface area (Å²) in [6, 6.07) is 0. The summed E-state index contributed by atoms with van der Waals surface area (Å²) in [5.74, 6) is -0.554. The Morgan fingerprint density at radius 1 is 1.29 bits per heavy atom. The van der Waals surface area contributed by atoms with Crippen LogP contribution in [0.1, 0.15) is 84.3 Å². The van der Waals surface area contributed by atoms with E-state index in [2.05, 4.69) is 18.0 Å².